The Bertz CT molecular complexity index is 600. The van der Waals surface area contributed by atoms with Crippen LogP contribution < -0.4 is 0 Å². The summed E-state index contributed by atoms with van der Waals surface area (Å²) in [5.74, 6) is 0.311. The fourth-order valence-corrected chi connectivity index (χ4v) is 2.07. The number of phenolic OH excluding ortho intramolecular Hbond substituents is 2. The molecule has 0 spiro atoms. The van der Waals surface area contributed by atoms with Crippen LogP contribution in [-0.2, 0) is 0 Å². The predicted molar refractivity (Wildman–Crippen MR) is 79.1 cm³/mol. The molecule has 0 heterocycles. The second-order valence-electron chi connectivity index (χ2n) is 4.84. The second-order valence-corrected chi connectivity index (χ2v) is 4.84. The molecule has 0 bridgehead atoms. The number of aromatic hydroxyl groups is 2. The van der Waals surface area contributed by atoms with E-state index in [-0.39, 0.29) is 17.3 Å². The largest absolute Gasteiger partial charge is 0.508 e. The number of ketones is 1. The standard InChI is InChI=1S/C17H18O3/c1-2-3-4-17(20)14-9-13(10-16(19)11-14)12-5-7-15(18)8-6-12/h5-11,18-19H,2-4H2,1H3. The van der Waals surface area contributed by atoms with Crippen molar-refractivity contribution in [1.29, 1.82) is 0 Å². The molecule has 0 aromatic heterocycles. The Hall–Kier alpha value is -2.29. The van der Waals surface area contributed by atoms with Gasteiger partial charge in [-0.25, -0.2) is 0 Å². The normalized spacial score (nSPS) is 10.4. The third-order valence-electron chi connectivity index (χ3n) is 3.20. The summed E-state index contributed by atoms with van der Waals surface area (Å²) in [5.41, 5.74) is 2.15. The van der Waals surface area contributed by atoms with Crippen molar-refractivity contribution in [3.8, 4) is 22.6 Å². The Morgan fingerprint density at radius 2 is 1.65 bits per heavy atom. The number of carbonyl (C=O) groups is 1. The van der Waals surface area contributed by atoms with Gasteiger partial charge in [0.1, 0.15) is 11.5 Å². The zero-order chi connectivity index (χ0) is 14.5. The van der Waals surface area contributed by atoms with Crippen molar-refractivity contribution in [1.82, 2.24) is 0 Å². The summed E-state index contributed by atoms with van der Waals surface area (Å²) in [6, 6.07) is 11.6. The average Bonchev–Trinajstić information content (AvgIpc) is 2.44. The average molecular weight is 270 g/mol. The van der Waals surface area contributed by atoms with Crippen molar-refractivity contribution >= 4 is 5.78 Å². The first-order valence-electron chi connectivity index (χ1n) is 6.77. The Kier molecular flexibility index (Phi) is 4.41. The molecule has 0 aliphatic heterocycles. The van der Waals surface area contributed by atoms with Crippen molar-refractivity contribution in [3.63, 3.8) is 0 Å². The molecule has 0 unspecified atom stereocenters. The minimum atomic E-state index is 0.0442. The number of Topliss-reactive ketones (excluding diaryl/α,β-unsaturated/α-hetero) is 1. The molecule has 3 heteroatoms. The van der Waals surface area contributed by atoms with Gasteiger partial charge in [-0.3, -0.25) is 4.79 Å². The van der Waals surface area contributed by atoms with E-state index in [0.717, 1.165) is 24.0 Å². The first-order valence-corrected chi connectivity index (χ1v) is 6.77. The number of benzene rings is 2. The fourth-order valence-electron chi connectivity index (χ4n) is 2.07. The van der Waals surface area contributed by atoms with Crippen LogP contribution in [-0.4, -0.2) is 16.0 Å². The maximum Gasteiger partial charge on any atom is 0.163 e. The van der Waals surface area contributed by atoms with Crippen molar-refractivity contribution in [2.75, 3.05) is 0 Å². The molecule has 2 N–H and O–H groups in total. The molecule has 104 valence electrons. The summed E-state index contributed by atoms with van der Waals surface area (Å²) in [7, 11) is 0. The maximum atomic E-state index is 12.0. The fraction of sp³-hybridized carbons (Fsp3) is 0.235. The lowest BCUT2D eigenvalue weighted by molar-refractivity contribution is 0.0979. The molecular weight excluding hydrogens is 252 g/mol. The minimum Gasteiger partial charge on any atom is -0.508 e. The van der Waals surface area contributed by atoms with Crippen molar-refractivity contribution in [2.24, 2.45) is 0 Å². The molecule has 0 aliphatic rings. The van der Waals surface area contributed by atoms with E-state index in [4.69, 9.17) is 0 Å². The zero-order valence-corrected chi connectivity index (χ0v) is 11.5. The molecule has 0 saturated carbocycles. The van der Waals surface area contributed by atoms with E-state index in [1.165, 1.54) is 6.07 Å². The molecular formula is C17H18O3. The number of phenols is 2. The highest BCUT2D eigenvalue weighted by molar-refractivity contribution is 5.97. The molecule has 0 atom stereocenters. The molecule has 2 aromatic rings. The molecule has 0 aliphatic carbocycles. The molecule has 0 fully saturated rings. The highest BCUT2D eigenvalue weighted by atomic mass is 16.3. The van der Waals surface area contributed by atoms with Gasteiger partial charge in [-0.15, -0.1) is 0 Å². The van der Waals surface area contributed by atoms with Gasteiger partial charge in [0, 0.05) is 12.0 Å². The van der Waals surface area contributed by atoms with E-state index >= 15 is 0 Å². The van der Waals surface area contributed by atoms with Crippen LogP contribution in [0.3, 0.4) is 0 Å². The third-order valence-corrected chi connectivity index (χ3v) is 3.20. The number of unbranched alkanes of at least 4 members (excludes halogenated alkanes) is 1. The molecule has 3 nitrogen and oxygen atoms in total. The van der Waals surface area contributed by atoms with Gasteiger partial charge in [-0.05, 0) is 47.9 Å². The monoisotopic (exact) mass is 270 g/mol. The topological polar surface area (TPSA) is 57.5 Å². The Morgan fingerprint density at radius 3 is 2.30 bits per heavy atom. The number of carbonyl (C=O) groups excluding carboxylic acids is 1. The van der Waals surface area contributed by atoms with Crippen LogP contribution in [0.2, 0.25) is 0 Å². The first-order chi connectivity index (χ1) is 9.60. The lowest BCUT2D eigenvalue weighted by Gasteiger charge is -2.07. The van der Waals surface area contributed by atoms with E-state index in [1.807, 2.05) is 6.92 Å². The number of hydrogen-bond donors (Lipinski definition) is 2. The first kappa shape index (κ1) is 14.1. The Labute approximate surface area is 118 Å². The summed E-state index contributed by atoms with van der Waals surface area (Å²) in [5, 5.41) is 19.1. The van der Waals surface area contributed by atoms with Crippen molar-refractivity contribution < 1.29 is 15.0 Å². The summed E-state index contributed by atoms with van der Waals surface area (Å²) in [4.78, 5) is 12.0. The van der Waals surface area contributed by atoms with E-state index in [1.54, 1.807) is 36.4 Å². The van der Waals surface area contributed by atoms with Crippen molar-refractivity contribution in [3.05, 3.63) is 48.0 Å². The predicted octanol–water partition coefficient (Wildman–Crippen LogP) is 4.14. The van der Waals surface area contributed by atoms with E-state index < -0.39 is 0 Å². The summed E-state index contributed by atoms with van der Waals surface area (Å²) in [6.45, 7) is 2.04. The van der Waals surface area contributed by atoms with Crippen LogP contribution in [0, 0.1) is 0 Å². The van der Waals surface area contributed by atoms with Gasteiger partial charge in [-0.1, -0.05) is 25.5 Å². The smallest absolute Gasteiger partial charge is 0.163 e. The van der Waals surface area contributed by atoms with Gasteiger partial charge < -0.3 is 10.2 Å². The quantitative estimate of drug-likeness (QED) is 0.803. The van der Waals surface area contributed by atoms with Gasteiger partial charge in [0.05, 0.1) is 0 Å². The highest BCUT2D eigenvalue weighted by Crippen LogP contribution is 2.27. The highest BCUT2D eigenvalue weighted by Gasteiger charge is 2.09. The third kappa shape index (κ3) is 3.38. The van der Waals surface area contributed by atoms with Gasteiger partial charge in [0.15, 0.2) is 5.78 Å². The van der Waals surface area contributed by atoms with E-state index in [0.29, 0.717) is 12.0 Å². The molecule has 2 aromatic carbocycles. The van der Waals surface area contributed by atoms with Gasteiger partial charge in [0.25, 0.3) is 0 Å². The molecule has 0 amide bonds. The zero-order valence-electron chi connectivity index (χ0n) is 11.5. The molecule has 20 heavy (non-hydrogen) atoms. The molecule has 0 radical (unpaired) electrons. The molecule has 2 rings (SSSR count). The summed E-state index contributed by atoms with van der Waals surface area (Å²) < 4.78 is 0. The van der Waals surface area contributed by atoms with Gasteiger partial charge >= 0.3 is 0 Å². The van der Waals surface area contributed by atoms with E-state index in [9.17, 15) is 15.0 Å². The Morgan fingerprint density at radius 1 is 0.950 bits per heavy atom. The maximum absolute atomic E-state index is 12.0. The minimum absolute atomic E-state index is 0.0442. The SMILES string of the molecule is CCCCC(=O)c1cc(O)cc(-c2ccc(O)cc2)c1. The number of hydrogen-bond acceptors (Lipinski definition) is 3. The van der Waals surface area contributed by atoms with Gasteiger partial charge in [-0.2, -0.15) is 0 Å². The van der Waals surface area contributed by atoms with Crippen LogP contribution in [0.5, 0.6) is 11.5 Å². The summed E-state index contributed by atoms with van der Waals surface area (Å²) >= 11 is 0. The van der Waals surface area contributed by atoms with Crippen LogP contribution in [0.25, 0.3) is 11.1 Å². The second kappa shape index (κ2) is 6.24. The summed E-state index contributed by atoms with van der Waals surface area (Å²) in [6.07, 6.45) is 2.31. The van der Waals surface area contributed by atoms with Gasteiger partial charge in [0.2, 0.25) is 0 Å². The Balaban J connectivity index is 2.33. The van der Waals surface area contributed by atoms with Crippen LogP contribution in [0.1, 0.15) is 36.5 Å². The number of rotatable bonds is 5. The lowest BCUT2D eigenvalue weighted by Crippen LogP contribution is -1.99. The van der Waals surface area contributed by atoms with Crippen molar-refractivity contribution in [2.45, 2.75) is 26.2 Å². The van der Waals surface area contributed by atoms with Crippen LogP contribution in [0.4, 0.5) is 0 Å². The molecule has 0 saturated heterocycles. The lowest BCUT2D eigenvalue weighted by atomic mass is 9.99. The van der Waals surface area contributed by atoms with Crippen LogP contribution >= 0.6 is 0 Å². The van der Waals surface area contributed by atoms with E-state index in [2.05, 4.69) is 0 Å². The van der Waals surface area contributed by atoms with Crippen LogP contribution in [0.15, 0.2) is 42.5 Å².